The van der Waals surface area contributed by atoms with Gasteiger partial charge in [0.15, 0.2) is 0 Å². The molecule has 0 fully saturated rings. The average molecular weight is 239 g/mol. The van der Waals surface area contributed by atoms with Gasteiger partial charge in [-0.15, -0.1) is 0 Å². The molecule has 0 aliphatic rings. The van der Waals surface area contributed by atoms with Crippen LogP contribution in [0.1, 0.15) is 45.9 Å². The van der Waals surface area contributed by atoms with E-state index in [1.54, 1.807) is 0 Å². The summed E-state index contributed by atoms with van der Waals surface area (Å²) in [6, 6.07) is 2.52. The molecule has 2 unspecified atom stereocenters. The predicted molar refractivity (Wildman–Crippen MR) is 70.0 cm³/mol. The fourth-order valence-electron chi connectivity index (χ4n) is 1.56. The van der Waals surface area contributed by atoms with Gasteiger partial charge in [-0.05, 0) is 33.3 Å². The summed E-state index contributed by atoms with van der Waals surface area (Å²) < 4.78 is 7.50. The molecule has 98 valence electrons. The van der Waals surface area contributed by atoms with Crippen molar-refractivity contribution in [2.75, 3.05) is 6.61 Å². The highest BCUT2D eigenvalue weighted by atomic mass is 16.5. The van der Waals surface area contributed by atoms with Gasteiger partial charge in [0.1, 0.15) is 0 Å². The Morgan fingerprint density at radius 2 is 2.12 bits per heavy atom. The molecule has 4 heteroatoms. The van der Waals surface area contributed by atoms with Crippen molar-refractivity contribution < 1.29 is 4.74 Å². The van der Waals surface area contributed by atoms with Crippen LogP contribution in [0.3, 0.4) is 0 Å². The SMILES string of the molecule is CCC(C)n1ccc(CC(N)COC(C)C)n1. The number of hydrogen-bond donors (Lipinski definition) is 1. The Labute approximate surface area is 104 Å². The van der Waals surface area contributed by atoms with Crippen LogP contribution in [0.15, 0.2) is 12.3 Å². The number of nitrogens with two attached hydrogens (primary N) is 1. The lowest BCUT2D eigenvalue weighted by molar-refractivity contribution is 0.0682. The first-order chi connectivity index (χ1) is 8.02. The molecule has 0 radical (unpaired) electrons. The zero-order chi connectivity index (χ0) is 12.8. The Balaban J connectivity index is 2.43. The normalized spacial score (nSPS) is 15.2. The van der Waals surface area contributed by atoms with Gasteiger partial charge in [-0.1, -0.05) is 6.92 Å². The van der Waals surface area contributed by atoms with Crippen molar-refractivity contribution in [1.29, 1.82) is 0 Å². The number of nitrogens with zero attached hydrogens (tertiary/aromatic N) is 2. The van der Waals surface area contributed by atoms with E-state index in [1.165, 1.54) is 0 Å². The van der Waals surface area contributed by atoms with E-state index in [0.29, 0.717) is 12.6 Å². The predicted octanol–water partition coefficient (Wildman–Crippen LogP) is 2.15. The zero-order valence-electron chi connectivity index (χ0n) is 11.4. The van der Waals surface area contributed by atoms with Gasteiger partial charge >= 0.3 is 0 Å². The summed E-state index contributed by atoms with van der Waals surface area (Å²) in [6.45, 7) is 8.95. The second-order valence-corrected chi connectivity index (χ2v) is 4.89. The number of aromatic nitrogens is 2. The molecular weight excluding hydrogens is 214 g/mol. The van der Waals surface area contributed by atoms with Crippen LogP contribution in [0.4, 0.5) is 0 Å². The zero-order valence-corrected chi connectivity index (χ0v) is 11.4. The van der Waals surface area contributed by atoms with Crippen LogP contribution in [0, 0.1) is 0 Å². The van der Waals surface area contributed by atoms with Crippen LogP contribution in [0.2, 0.25) is 0 Å². The molecule has 1 aromatic rings. The standard InChI is InChI=1S/C13H25N3O/c1-5-11(4)16-7-6-13(15-16)8-12(14)9-17-10(2)3/h6-7,10-12H,5,8-9,14H2,1-4H3. The van der Waals surface area contributed by atoms with Crippen molar-refractivity contribution >= 4 is 0 Å². The molecule has 2 N–H and O–H groups in total. The number of ether oxygens (including phenoxy) is 1. The van der Waals surface area contributed by atoms with Crippen molar-refractivity contribution in [3.63, 3.8) is 0 Å². The molecule has 4 nitrogen and oxygen atoms in total. The molecule has 0 spiro atoms. The third-order valence-electron chi connectivity index (χ3n) is 2.82. The third kappa shape index (κ3) is 4.88. The van der Waals surface area contributed by atoms with Gasteiger partial charge in [-0.2, -0.15) is 5.10 Å². The Kier molecular flexibility index (Phi) is 5.65. The molecular formula is C13H25N3O. The maximum atomic E-state index is 6.00. The third-order valence-corrected chi connectivity index (χ3v) is 2.82. The minimum atomic E-state index is 0.0256. The van der Waals surface area contributed by atoms with E-state index in [1.807, 2.05) is 30.8 Å². The summed E-state index contributed by atoms with van der Waals surface area (Å²) in [6.07, 6.45) is 4.12. The van der Waals surface area contributed by atoms with Gasteiger partial charge in [0.25, 0.3) is 0 Å². The van der Waals surface area contributed by atoms with Gasteiger partial charge in [0, 0.05) is 24.7 Å². The van der Waals surface area contributed by atoms with Crippen LogP contribution in [0.25, 0.3) is 0 Å². The first-order valence-corrected chi connectivity index (χ1v) is 6.44. The highest BCUT2D eigenvalue weighted by molar-refractivity contribution is 5.01. The summed E-state index contributed by atoms with van der Waals surface area (Å²) in [5.41, 5.74) is 7.04. The lowest BCUT2D eigenvalue weighted by Crippen LogP contribution is -2.30. The topological polar surface area (TPSA) is 53.1 Å². The Morgan fingerprint density at radius 3 is 2.71 bits per heavy atom. The quantitative estimate of drug-likeness (QED) is 0.793. The molecule has 0 aromatic carbocycles. The van der Waals surface area contributed by atoms with Gasteiger partial charge in [0.2, 0.25) is 0 Å². The van der Waals surface area contributed by atoms with Crippen LogP contribution < -0.4 is 5.73 Å². The van der Waals surface area contributed by atoms with Crippen molar-refractivity contribution in [2.45, 2.75) is 58.7 Å². The molecule has 0 aliphatic heterocycles. The summed E-state index contributed by atoms with van der Waals surface area (Å²) in [4.78, 5) is 0. The van der Waals surface area contributed by atoms with E-state index in [9.17, 15) is 0 Å². The fraction of sp³-hybridized carbons (Fsp3) is 0.769. The molecule has 0 bridgehead atoms. The van der Waals surface area contributed by atoms with E-state index in [-0.39, 0.29) is 12.1 Å². The second kappa shape index (κ2) is 6.77. The molecule has 0 amide bonds. The van der Waals surface area contributed by atoms with E-state index in [2.05, 4.69) is 18.9 Å². The molecule has 2 atom stereocenters. The average Bonchev–Trinajstić information content (AvgIpc) is 2.73. The van der Waals surface area contributed by atoms with E-state index in [4.69, 9.17) is 10.5 Å². The first-order valence-electron chi connectivity index (χ1n) is 6.44. The minimum Gasteiger partial charge on any atom is -0.377 e. The Morgan fingerprint density at radius 1 is 1.41 bits per heavy atom. The summed E-state index contributed by atoms with van der Waals surface area (Å²) in [5.74, 6) is 0. The minimum absolute atomic E-state index is 0.0256. The number of rotatable bonds is 7. The van der Waals surface area contributed by atoms with Gasteiger partial charge in [-0.25, -0.2) is 0 Å². The van der Waals surface area contributed by atoms with Crippen LogP contribution in [-0.4, -0.2) is 28.5 Å². The van der Waals surface area contributed by atoms with E-state index < -0.39 is 0 Å². The fourth-order valence-corrected chi connectivity index (χ4v) is 1.56. The molecule has 17 heavy (non-hydrogen) atoms. The van der Waals surface area contributed by atoms with Crippen molar-refractivity contribution in [1.82, 2.24) is 9.78 Å². The summed E-state index contributed by atoms with van der Waals surface area (Å²) in [5, 5.41) is 4.53. The monoisotopic (exact) mass is 239 g/mol. The Bertz CT molecular complexity index is 322. The lowest BCUT2D eigenvalue weighted by atomic mass is 10.2. The molecule has 1 heterocycles. The van der Waals surface area contributed by atoms with Crippen LogP contribution in [-0.2, 0) is 11.2 Å². The highest BCUT2D eigenvalue weighted by Gasteiger charge is 2.09. The second-order valence-electron chi connectivity index (χ2n) is 4.89. The van der Waals surface area contributed by atoms with E-state index in [0.717, 1.165) is 18.5 Å². The number of hydrogen-bond acceptors (Lipinski definition) is 3. The maximum Gasteiger partial charge on any atom is 0.0641 e. The molecule has 0 aliphatic carbocycles. The van der Waals surface area contributed by atoms with Crippen molar-refractivity contribution in [3.05, 3.63) is 18.0 Å². The van der Waals surface area contributed by atoms with Gasteiger partial charge < -0.3 is 10.5 Å². The summed E-state index contributed by atoms with van der Waals surface area (Å²) in [7, 11) is 0. The molecule has 0 saturated carbocycles. The first kappa shape index (κ1) is 14.2. The van der Waals surface area contributed by atoms with Crippen LogP contribution >= 0.6 is 0 Å². The summed E-state index contributed by atoms with van der Waals surface area (Å²) >= 11 is 0. The van der Waals surface area contributed by atoms with Crippen molar-refractivity contribution in [3.8, 4) is 0 Å². The van der Waals surface area contributed by atoms with Crippen molar-refractivity contribution in [2.24, 2.45) is 5.73 Å². The maximum absolute atomic E-state index is 6.00. The smallest absolute Gasteiger partial charge is 0.0641 e. The van der Waals surface area contributed by atoms with E-state index >= 15 is 0 Å². The molecule has 1 aromatic heterocycles. The molecule has 0 saturated heterocycles. The Hall–Kier alpha value is -0.870. The van der Waals surface area contributed by atoms with Gasteiger partial charge in [-0.3, -0.25) is 4.68 Å². The molecule has 1 rings (SSSR count). The highest BCUT2D eigenvalue weighted by Crippen LogP contribution is 2.10. The lowest BCUT2D eigenvalue weighted by Gasteiger charge is -2.13. The van der Waals surface area contributed by atoms with Gasteiger partial charge in [0.05, 0.1) is 18.4 Å². The largest absolute Gasteiger partial charge is 0.377 e. The van der Waals surface area contributed by atoms with Crippen LogP contribution in [0.5, 0.6) is 0 Å².